The quantitative estimate of drug-likeness (QED) is 0.163. The lowest BCUT2D eigenvalue weighted by Crippen LogP contribution is -2.00. The predicted molar refractivity (Wildman–Crippen MR) is 243 cm³/mol. The molecule has 0 saturated carbocycles. The van der Waals surface area contributed by atoms with Crippen LogP contribution in [-0.2, 0) is 0 Å². The third-order valence-corrected chi connectivity index (χ3v) is 11.1. The highest BCUT2D eigenvalue weighted by molar-refractivity contribution is 6.13. The number of fused-ring (bicyclic) bond motifs is 4. The van der Waals surface area contributed by atoms with Crippen LogP contribution in [0.15, 0.2) is 217 Å². The van der Waals surface area contributed by atoms with Crippen LogP contribution in [0.4, 0.5) is 0 Å². The second-order valence-electron chi connectivity index (χ2n) is 14.8. The van der Waals surface area contributed by atoms with Crippen molar-refractivity contribution in [3.05, 3.63) is 212 Å². The van der Waals surface area contributed by atoms with Gasteiger partial charge in [0.15, 0.2) is 17.5 Å². The van der Waals surface area contributed by atoms with E-state index in [0.29, 0.717) is 17.5 Å². The SMILES string of the molecule is c1ccc(-c2cccc(-c3ccc(-c4cccc5oc6cc(-c7nc(-c8ccccc8)nc(-c8ccc9ccc(-c%10ccccc%10)cc9c8)n7)ccc6c45)cc3)c2)cc1. The molecule has 0 atom stereocenters. The fraction of sp³-hybridized carbons (Fsp3) is 0. The van der Waals surface area contributed by atoms with Crippen LogP contribution >= 0.6 is 0 Å². The number of nitrogens with zero attached hydrogens (tertiary/aromatic N) is 3. The molecule has 0 radical (unpaired) electrons. The van der Waals surface area contributed by atoms with E-state index < -0.39 is 0 Å². The normalized spacial score (nSPS) is 11.4. The number of aromatic nitrogens is 3. The molecular formula is C55H35N3O. The fourth-order valence-electron chi connectivity index (χ4n) is 8.10. The van der Waals surface area contributed by atoms with Gasteiger partial charge >= 0.3 is 0 Å². The Morgan fingerprint density at radius 3 is 1.39 bits per heavy atom. The molecule has 2 aromatic heterocycles. The minimum Gasteiger partial charge on any atom is -0.456 e. The average Bonchev–Trinajstić information content (AvgIpc) is 3.70. The van der Waals surface area contributed by atoms with Crippen molar-refractivity contribution < 1.29 is 4.42 Å². The zero-order valence-electron chi connectivity index (χ0n) is 32.0. The molecule has 11 aromatic rings. The highest BCUT2D eigenvalue weighted by Crippen LogP contribution is 2.39. The zero-order valence-corrected chi connectivity index (χ0v) is 32.0. The van der Waals surface area contributed by atoms with E-state index >= 15 is 0 Å². The predicted octanol–water partition coefficient (Wildman–Crippen LogP) is 14.6. The number of benzene rings is 9. The summed E-state index contributed by atoms with van der Waals surface area (Å²) >= 11 is 0. The summed E-state index contributed by atoms with van der Waals surface area (Å²) in [7, 11) is 0. The molecule has 0 N–H and O–H groups in total. The molecule has 4 nitrogen and oxygen atoms in total. The third-order valence-electron chi connectivity index (χ3n) is 11.1. The van der Waals surface area contributed by atoms with Crippen LogP contribution in [0.25, 0.3) is 111 Å². The Labute approximate surface area is 341 Å². The van der Waals surface area contributed by atoms with Crippen molar-refractivity contribution >= 4 is 32.7 Å². The second kappa shape index (κ2) is 14.5. The van der Waals surface area contributed by atoms with Crippen molar-refractivity contribution in [1.29, 1.82) is 0 Å². The Balaban J connectivity index is 0.971. The monoisotopic (exact) mass is 753 g/mol. The van der Waals surface area contributed by atoms with Gasteiger partial charge in [0, 0.05) is 27.5 Å². The molecule has 2 heterocycles. The van der Waals surface area contributed by atoms with E-state index in [1.165, 1.54) is 33.4 Å². The van der Waals surface area contributed by atoms with E-state index in [4.69, 9.17) is 19.4 Å². The van der Waals surface area contributed by atoms with Gasteiger partial charge in [0.05, 0.1) is 0 Å². The highest BCUT2D eigenvalue weighted by atomic mass is 16.3. The van der Waals surface area contributed by atoms with Gasteiger partial charge < -0.3 is 4.42 Å². The molecule has 4 heteroatoms. The Morgan fingerprint density at radius 1 is 0.271 bits per heavy atom. The van der Waals surface area contributed by atoms with Gasteiger partial charge in [-0.25, -0.2) is 15.0 Å². The minimum atomic E-state index is 0.585. The molecule has 0 aliphatic carbocycles. The smallest absolute Gasteiger partial charge is 0.164 e. The van der Waals surface area contributed by atoms with Crippen molar-refractivity contribution in [2.24, 2.45) is 0 Å². The molecule has 9 aromatic carbocycles. The van der Waals surface area contributed by atoms with Crippen LogP contribution < -0.4 is 0 Å². The summed E-state index contributed by atoms with van der Waals surface area (Å²) in [6.07, 6.45) is 0. The van der Waals surface area contributed by atoms with Gasteiger partial charge in [-0.1, -0.05) is 176 Å². The number of furan rings is 1. The maximum absolute atomic E-state index is 6.58. The maximum atomic E-state index is 6.58. The highest BCUT2D eigenvalue weighted by Gasteiger charge is 2.17. The largest absolute Gasteiger partial charge is 0.456 e. The molecule has 276 valence electrons. The number of hydrogen-bond acceptors (Lipinski definition) is 4. The van der Waals surface area contributed by atoms with E-state index in [9.17, 15) is 0 Å². The molecule has 0 bridgehead atoms. The Morgan fingerprint density at radius 2 is 0.729 bits per heavy atom. The fourth-order valence-corrected chi connectivity index (χ4v) is 8.10. The third kappa shape index (κ3) is 6.53. The molecule has 11 rings (SSSR count). The maximum Gasteiger partial charge on any atom is 0.164 e. The number of rotatable bonds is 7. The summed E-state index contributed by atoms with van der Waals surface area (Å²) in [5.74, 6) is 1.82. The first-order valence-corrected chi connectivity index (χ1v) is 19.8. The molecule has 0 unspecified atom stereocenters. The van der Waals surface area contributed by atoms with E-state index in [0.717, 1.165) is 60.5 Å². The van der Waals surface area contributed by atoms with E-state index in [1.54, 1.807) is 0 Å². The Kier molecular flexibility index (Phi) is 8.45. The summed E-state index contributed by atoms with van der Waals surface area (Å²) in [6, 6.07) is 74.2. The average molecular weight is 754 g/mol. The molecule has 59 heavy (non-hydrogen) atoms. The van der Waals surface area contributed by atoms with Gasteiger partial charge in [0.25, 0.3) is 0 Å². The lowest BCUT2D eigenvalue weighted by atomic mass is 9.95. The zero-order chi connectivity index (χ0) is 39.1. The molecular weight excluding hydrogens is 719 g/mol. The van der Waals surface area contributed by atoms with Gasteiger partial charge in [-0.2, -0.15) is 0 Å². The molecule has 0 fully saturated rings. The van der Waals surface area contributed by atoms with Crippen LogP contribution in [0, 0.1) is 0 Å². The van der Waals surface area contributed by atoms with Gasteiger partial charge in [-0.15, -0.1) is 0 Å². The van der Waals surface area contributed by atoms with Gasteiger partial charge in [-0.05, 0) is 91.7 Å². The van der Waals surface area contributed by atoms with Crippen molar-refractivity contribution in [3.63, 3.8) is 0 Å². The van der Waals surface area contributed by atoms with E-state index in [1.807, 2.05) is 42.5 Å². The second-order valence-corrected chi connectivity index (χ2v) is 14.8. The van der Waals surface area contributed by atoms with Crippen LogP contribution in [-0.4, -0.2) is 15.0 Å². The Hall–Kier alpha value is -7.95. The summed E-state index contributed by atoms with van der Waals surface area (Å²) in [6.45, 7) is 0. The van der Waals surface area contributed by atoms with E-state index in [-0.39, 0.29) is 0 Å². The molecule has 0 amide bonds. The van der Waals surface area contributed by atoms with Gasteiger partial charge in [0.1, 0.15) is 11.2 Å². The first-order chi connectivity index (χ1) is 29.2. The van der Waals surface area contributed by atoms with Crippen molar-refractivity contribution in [2.75, 3.05) is 0 Å². The summed E-state index contributed by atoms with van der Waals surface area (Å²) < 4.78 is 6.58. The molecule has 0 saturated heterocycles. The molecule has 0 aliphatic heterocycles. The van der Waals surface area contributed by atoms with Crippen LogP contribution in [0.5, 0.6) is 0 Å². The lowest BCUT2D eigenvalue weighted by Gasteiger charge is -2.10. The topological polar surface area (TPSA) is 51.8 Å². The van der Waals surface area contributed by atoms with Crippen LogP contribution in [0.2, 0.25) is 0 Å². The standard InChI is InChI=1S/C55H35N3O/c1-4-12-36(13-5-1)42-18-10-19-43(32-42)38-22-26-40(27-23-38)48-20-11-21-50-52(48)49-31-30-46(35-51(49)59-50)55-57-53(41-16-8-3-9-17-41)56-54(58-55)45-29-25-39-24-28-44(33-47(39)34-45)37-14-6-2-7-15-37/h1-35H. The number of hydrogen-bond donors (Lipinski definition) is 0. The lowest BCUT2D eigenvalue weighted by molar-refractivity contribution is 0.669. The van der Waals surface area contributed by atoms with E-state index in [2.05, 4.69) is 170 Å². The Bertz CT molecular complexity index is 3300. The summed E-state index contributed by atoms with van der Waals surface area (Å²) in [5.41, 5.74) is 13.7. The first kappa shape index (κ1) is 34.3. The van der Waals surface area contributed by atoms with Crippen LogP contribution in [0.3, 0.4) is 0 Å². The van der Waals surface area contributed by atoms with Crippen molar-refractivity contribution in [1.82, 2.24) is 15.0 Å². The van der Waals surface area contributed by atoms with Crippen molar-refractivity contribution in [3.8, 4) is 78.7 Å². The first-order valence-electron chi connectivity index (χ1n) is 19.8. The summed E-state index contributed by atoms with van der Waals surface area (Å²) in [5, 5.41) is 4.41. The van der Waals surface area contributed by atoms with Gasteiger partial charge in [0.2, 0.25) is 0 Å². The molecule has 0 aliphatic rings. The summed E-state index contributed by atoms with van der Waals surface area (Å²) in [4.78, 5) is 15.2. The van der Waals surface area contributed by atoms with Crippen LogP contribution in [0.1, 0.15) is 0 Å². The van der Waals surface area contributed by atoms with Crippen molar-refractivity contribution in [2.45, 2.75) is 0 Å². The van der Waals surface area contributed by atoms with Gasteiger partial charge in [-0.3, -0.25) is 0 Å². The minimum absolute atomic E-state index is 0.585. The molecule has 0 spiro atoms.